The predicted molar refractivity (Wildman–Crippen MR) is 67.9 cm³/mol. The molecule has 1 aromatic heterocycles. The molecule has 6 heteroatoms. The highest BCUT2D eigenvalue weighted by Crippen LogP contribution is 2.48. The van der Waals surface area contributed by atoms with Crippen molar-refractivity contribution in [2.24, 2.45) is 5.41 Å². The second kappa shape index (κ2) is 4.23. The molecule has 0 aliphatic heterocycles. The minimum atomic E-state index is -3.57. The van der Waals surface area contributed by atoms with Crippen molar-refractivity contribution in [1.29, 1.82) is 0 Å². The van der Waals surface area contributed by atoms with Gasteiger partial charge >= 0.3 is 0 Å². The summed E-state index contributed by atoms with van der Waals surface area (Å²) in [5, 5.41) is 3.90. The molecular formula is C12H16ClNO3S. The molecule has 0 saturated heterocycles. The van der Waals surface area contributed by atoms with Gasteiger partial charge in [0.1, 0.15) is 17.2 Å². The summed E-state index contributed by atoms with van der Waals surface area (Å²) in [5.74, 6) is 0.645. The summed E-state index contributed by atoms with van der Waals surface area (Å²) in [4.78, 5) is 0. The monoisotopic (exact) mass is 289 g/mol. The number of rotatable bonds is 2. The minimum absolute atomic E-state index is 0.219. The van der Waals surface area contributed by atoms with Crippen molar-refractivity contribution in [1.82, 2.24) is 5.16 Å². The van der Waals surface area contributed by atoms with Gasteiger partial charge in [-0.2, -0.15) is 0 Å². The van der Waals surface area contributed by atoms with E-state index in [-0.39, 0.29) is 5.75 Å². The van der Waals surface area contributed by atoms with Crippen LogP contribution in [0, 0.1) is 5.41 Å². The molecule has 4 nitrogen and oxygen atoms in total. The maximum atomic E-state index is 11.2. The lowest BCUT2D eigenvalue weighted by Gasteiger charge is -2.32. The number of hydrogen-bond donors (Lipinski definition) is 0. The average Bonchev–Trinajstić information content (AvgIpc) is 2.86. The van der Waals surface area contributed by atoms with Crippen LogP contribution in [-0.2, 0) is 27.6 Å². The van der Waals surface area contributed by atoms with E-state index in [4.69, 9.17) is 15.2 Å². The molecule has 2 aliphatic rings. The Morgan fingerprint density at radius 1 is 1.28 bits per heavy atom. The smallest absolute Gasteiger partial charge is 0.238 e. The van der Waals surface area contributed by atoms with Crippen LogP contribution in [0.2, 0.25) is 0 Å². The van der Waals surface area contributed by atoms with Gasteiger partial charge in [-0.05, 0) is 31.1 Å². The van der Waals surface area contributed by atoms with Crippen LogP contribution in [0.4, 0.5) is 0 Å². The minimum Gasteiger partial charge on any atom is -0.361 e. The van der Waals surface area contributed by atoms with Gasteiger partial charge in [0.15, 0.2) is 0 Å². The average molecular weight is 290 g/mol. The Balaban J connectivity index is 1.91. The van der Waals surface area contributed by atoms with E-state index in [9.17, 15) is 8.42 Å². The topological polar surface area (TPSA) is 60.2 Å². The second-order valence-corrected chi connectivity index (χ2v) is 8.37. The van der Waals surface area contributed by atoms with Gasteiger partial charge in [0.05, 0.1) is 0 Å². The zero-order chi connectivity index (χ0) is 12.8. The number of aryl methyl sites for hydroxylation is 1. The van der Waals surface area contributed by atoms with Gasteiger partial charge in [0.2, 0.25) is 9.05 Å². The summed E-state index contributed by atoms with van der Waals surface area (Å²) in [5.41, 5.74) is 1.89. The van der Waals surface area contributed by atoms with Gasteiger partial charge in [-0.3, -0.25) is 0 Å². The van der Waals surface area contributed by atoms with Crippen molar-refractivity contribution < 1.29 is 12.9 Å². The third kappa shape index (κ3) is 2.30. The molecule has 100 valence electrons. The SMILES string of the molecule is O=S(=O)(Cl)Cc1noc2c1CC1(CCCC1)CC2. The van der Waals surface area contributed by atoms with Crippen LogP contribution < -0.4 is 0 Å². The van der Waals surface area contributed by atoms with Crippen LogP contribution in [0.5, 0.6) is 0 Å². The van der Waals surface area contributed by atoms with Gasteiger partial charge < -0.3 is 4.52 Å². The molecule has 2 aliphatic carbocycles. The normalized spacial score (nSPS) is 22.3. The van der Waals surface area contributed by atoms with Gasteiger partial charge in [0.25, 0.3) is 0 Å². The Kier molecular flexibility index (Phi) is 2.94. The van der Waals surface area contributed by atoms with E-state index in [1.54, 1.807) is 0 Å². The van der Waals surface area contributed by atoms with Crippen molar-refractivity contribution >= 4 is 19.7 Å². The number of hydrogen-bond acceptors (Lipinski definition) is 4. The van der Waals surface area contributed by atoms with Crippen molar-refractivity contribution in [3.63, 3.8) is 0 Å². The Hall–Kier alpha value is -0.550. The van der Waals surface area contributed by atoms with Crippen LogP contribution in [0.1, 0.15) is 49.1 Å². The number of halogens is 1. The fraction of sp³-hybridized carbons (Fsp3) is 0.750. The Morgan fingerprint density at radius 2 is 2.00 bits per heavy atom. The summed E-state index contributed by atoms with van der Waals surface area (Å²) in [7, 11) is 1.74. The first-order valence-corrected chi connectivity index (χ1v) is 8.84. The highest BCUT2D eigenvalue weighted by Gasteiger charge is 2.40. The number of aromatic nitrogens is 1. The summed E-state index contributed by atoms with van der Waals surface area (Å²) >= 11 is 0. The summed E-state index contributed by atoms with van der Waals surface area (Å²) < 4.78 is 27.6. The lowest BCUT2D eigenvalue weighted by Crippen LogP contribution is -2.25. The largest absolute Gasteiger partial charge is 0.361 e. The van der Waals surface area contributed by atoms with E-state index in [1.807, 2.05) is 0 Å². The highest BCUT2D eigenvalue weighted by atomic mass is 35.7. The Bertz CT molecular complexity index is 558. The lowest BCUT2D eigenvalue weighted by molar-refractivity contribution is 0.236. The number of nitrogens with zero attached hydrogens (tertiary/aromatic N) is 1. The van der Waals surface area contributed by atoms with Crippen molar-refractivity contribution in [3.8, 4) is 0 Å². The van der Waals surface area contributed by atoms with E-state index in [2.05, 4.69) is 5.16 Å². The van der Waals surface area contributed by atoms with Crippen LogP contribution >= 0.6 is 10.7 Å². The zero-order valence-electron chi connectivity index (χ0n) is 10.1. The molecule has 0 unspecified atom stereocenters. The Labute approximate surface area is 111 Å². The summed E-state index contributed by atoms with van der Waals surface area (Å²) in [6, 6.07) is 0. The van der Waals surface area contributed by atoms with Crippen molar-refractivity contribution in [3.05, 3.63) is 17.0 Å². The highest BCUT2D eigenvalue weighted by molar-refractivity contribution is 8.13. The first-order chi connectivity index (χ1) is 8.48. The van der Waals surface area contributed by atoms with Crippen molar-refractivity contribution in [2.45, 2.75) is 50.7 Å². The molecule has 0 bridgehead atoms. The maximum absolute atomic E-state index is 11.2. The summed E-state index contributed by atoms with van der Waals surface area (Å²) in [6.45, 7) is 0. The van der Waals surface area contributed by atoms with Crippen LogP contribution in [-0.4, -0.2) is 13.6 Å². The molecule has 0 N–H and O–H groups in total. The van der Waals surface area contributed by atoms with E-state index in [0.29, 0.717) is 11.1 Å². The molecule has 0 atom stereocenters. The predicted octanol–water partition coefficient (Wildman–Crippen LogP) is 2.79. The van der Waals surface area contributed by atoms with Gasteiger partial charge in [-0.1, -0.05) is 18.0 Å². The fourth-order valence-corrected chi connectivity index (χ4v) is 4.31. The maximum Gasteiger partial charge on any atom is 0.238 e. The quantitative estimate of drug-likeness (QED) is 0.786. The first kappa shape index (κ1) is 12.5. The van der Waals surface area contributed by atoms with Crippen LogP contribution in [0.25, 0.3) is 0 Å². The molecule has 1 fully saturated rings. The van der Waals surface area contributed by atoms with Gasteiger partial charge in [-0.15, -0.1) is 0 Å². The molecule has 1 aromatic rings. The van der Waals surface area contributed by atoms with E-state index in [0.717, 1.165) is 30.6 Å². The first-order valence-electron chi connectivity index (χ1n) is 6.36. The molecule has 0 amide bonds. The fourth-order valence-electron chi connectivity index (χ4n) is 3.45. The molecule has 1 spiro atoms. The van der Waals surface area contributed by atoms with Gasteiger partial charge in [-0.25, -0.2) is 8.42 Å². The Morgan fingerprint density at radius 3 is 2.67 bits per heavy atom. The molecular weight excluding hydrogens is 274 g/mol. The lowest BCUT2D eigenvalue weighted by atomic mass is 9.72. The van der Waals surface area contributed by atoms with E-state index >= 15 is 0 Å². The second-order valence-electron chi connectivity index (χ2n) is 5.60. The zero-order valence-corrected chi connectivity index (χ0v) is 11.7. The van der Waals surface area contributed by atoms with E-state index in [1.165, 1.54) is 25.7 Å². The molecule has 3 rings (SSSR count). The van der Waals surface area contributed by atoms with Crippen LogP contribution in [0.15, 0.2) is 4.52 Å². The summed E-state index contributed by atoms with van der Waals surface area (Å²) in [6.07, 6.45) is 7.98. The standard InChI is InChI=1S/C12H16ClNO3S/c13-18(15,16)8-10-9-7-12(4-1-2-5-12)6-3-11(9)17-14-10/h1-8H2. The molecule has 1 saturated carbocycles. The van der Waals surface area contributed by atoms with Gasteiger partial charge in [0, 0.05) is 22.7 Å². The molecule has 0 radical (unpaired) electrons. The molecule has 1 heterocycles. The van der Waals surface area contributed by atoms with Crippen molar-refractivity contribution in [2.75, 3.05) is 0 Å². The number of fused-ring (bicyclic) bond motifs is 1. The van der Waals surface area contributed by atoms with E-state index < -0.39 is 9.05 Å². The third-order valence-corrected chi connectivity index (χ3v) is 5.30. The van der Waals surface area contributed by atoms with Crippen LogP contribution in [0.3, 0.4) is 0 Å². The third-order valence-electron chi connectivity index (χ3n) is 4.36. The molecule has 0 aromatic carbocycles. The molecule has 18 heavy (non-hydrogen) atoms.